The van der Waals surface area contributed by atoms with Gasteiger partial charge in [0.15, 0.2) is 0 Å². The SMILES string of the molecule is COc1cccc(C(=O)Cl)c1I. The summed E-state index contributed by atoms with van der Waals surface area (Å²) in [5.41, 5.74) is 0.483. The number of methoxy groups -OCH3 is 1. The van der Waals surface area contributed by atoms with Crippen molar-refractivity contribution in [1.29, 1.82) is 0 Å². The van der Waals surface area contributed by atoms with Crippen molar-refractivity contribution in [2.75, 3.05) is 7.11 Å². The summed E-state index contributed by atoms with van der Waals surface area (Å²) in [6, 6.07) is 5.18. The standard InChI is InChI=1S/C8H6ClIO2/c1-12-6-4-2-3-5(7(6)10)8(9)11/h2-4H,1H3. The zero-order valence-electron chi connectivity index (χ0n) is 6.30. The summed E-state index contributed by atoms with van der Waals surface area (Å²) in [6.45, 7) is 0. The smallest absolute Gasteiger partial charge is 0.253 e. The molecule has 0 unspecified atom stereocenters. The number of halogens is 2. The second-order valence-corrected chi connectivity index (χ2v) is 3.52. The highest BCUT2D eigenvalue weighted by Gasteiger charge is 2.10. The van der Waals surface area contributed by atoms with Crippen molar-refractivity contribution in [3.63, 3.8) is 0 Å². The Hall–Kier alpha value is -0.290. The van der Waals surface area contributed by atoms with Gasteiger partial charge >= 0.3 is 0 Å². The lowest BCUT2D eigenvalue weighted by Gasteiger charge is -2.04. The highest BCUT2D eigenvalue weighted by atomic mass is 127. The lowest BCUT2D eigenvalue weighted by molar-refractivity contribution is 0.108. The molecule has 0 radical (unpaired) electrons. The maximum Gasteiger partial charge on any atom is 0.253 e. The van der Waals surface area contributed by atoms with E-state index < -0.39 is 5.24 Å². The van der Waals surface area contributed by atoms with Crippen LogP contribution in [0.5, 0.6) is 5.75 Å². The van der Waals surface area contributed by atoms with Crippen LogP contribution < -0.4 is 4.74 Å². The molecular formula is C8H6ClIO2. The monoisotopic (exact) mass is 296 g/mol. The van der Waals surface area contributed by atoms with Crippen LogP contribution in [0.1, 0.15) is 10.4 Å². The molecule has 1 rings (SSSR count). The first-order chi connectivity index (χ1) is 5.66. The van der Waals surface area contributed by atoms with Crippen molar-refractivity contribution >= 4 is 39.4 Å². The molecule has 0 N–H and O–H groups in total. The molecule has 0 heterocycles. The summed E-state index contributed by atoms with van der Waals surface area (Å²) in [6.07, 6.45) is 0. The van der Waals surface area contributed by atoms with Gasteiger partial charge in [0, 0.05) is 0 Å². The lowest BCUT2D eigenvalue weighted by atomic mass is 10.2. The van der Waals surface area contributed by atoms with Crippen molar-refractivity contribution in [1.82, 2.24) is 0 Å². The van der Waals surface area contributed by atoms with Gasteiger partial charge in [-0.3, -0.25) is 4.79 Å². The van der Waals surface area contributed by atoms with Crippen LogP contribution in [0, 0.1) is 3.57 Å². The van der Waals surface area contributed by atoms with Crippen molar-refractivity contribution in [2.45, 2.75) is 0 Å². The molecule has 0 aliphatic heterocycles. The Kier molecular flexibility index (Phi) is 3.34. The number of carbonyl (C=O) groups excluding carboxylic acids is 1. The predicted octanol–water partition coefficient (Wildman–Crippen LogP) is 2.68. The minimum Gasteiger partial charge on any atom is -0.496 e. The Labute approximate surface area is 89.0 Å². The van der Waals surface area contributed by atoms with Crippen LogP contribution in [0.25, 0.3) is 0 Å². The summed E-state index contributed by atoms with van der Waals surface area (Å²) >= 11 is 7.36. The zero-order valence-corrected chi connectivity index (χ0v) is 9.22. The Morgan fingerprint density at radius 2 is 2.25 bits per heavy atom. The maximum absolute atomic E-state index is 10.8. The van der Waals surface area contributed by atoms with E-state index in [1.165, 1.54) is 0 Å². The Bertz CT molecular complexity index is 312. The van der Waals surface area contributed by atoms with Crippen LogP contribution in [0.15, 0.2) is 18.2 Å². The fourth-order valence-electron chi connectivity index (χ4n) is 0.820. The van der Waals surface area contributed by atoms with E-state index in [2.05, 4.69) is 0 Å². The molecule has 0 atom stereocenters. The van der Waals surface area contributed by atoms with Gasteiger partial charge < -0.3 is 4.74 Å². The number of hydrogen-bond donors (Lipinski definition) is 0. The molecule has 0 spiro atoms. The minimum atomic E-state index is -0.460. The molecule has 0 aliphatic carbocycles. The van der Waals surface area contributed by atoms with Crippen LogP contribution in [-0.4, -0.2) is 12.4 Å². The van der Waals surface area contributed by atoms with E-state index in [1.807, 2.05) is 22.6 Å². The van der Waals surface area contributed by atoms with Crippen LogP contribution in [-0.2, 0) is 0 Å². The molecule has 64 valence electrons. The molecule has 0 bridgehead atoms. The third-order valence-electron chi connectivity index (χ3n) is 1.39. The highest BCUT2D eigenvalue weighted by molar-refractivity contribution is 14.1. The van der Waals surface area contributed by atoms with Gasteiger partial charge in [0.1, 0.15) is 5.75 Å². The summed E-state index contributed by atoms with van der Waals surface area (Å²) in [7, 11) is 1.56. The summed E-state index contributed by atoms with van der Waals surface area (Å²) < 4.78 is 5.77. The number of benzene rings is 1. The normalized spacial score (nSPS) is 9.58. The molecule has 12 heavy (non-hydrogen) atoms. The number of ether oxygens (including phenoxy) is 1. The van der Waals surface area contributed by atoms with Crippen LogP contribution in [0.3, 0.4) is 0 Å². The van der Waals surface area contributed by atoms with Crippen LogP contribution in [0.2, 0.25) is 0 Å². The topological polar surface area (TPSA) is 26.3 Å². The number of hydrogen-bond acceptors (Lipinski definition) is 2. The van der Waals surface area contributed by atoms with E-state index in [4.69, 9.17) is 16.3 Å². The van der Waals surface area contributed by atoms with Gasteiger partial charge in [-0.15, -0.1) is 0 Å². The van der Waals surface area contributed by atoms with Crippen LogP contribution >= 0.6 is 34.2 Å². The number of rotatable bonds is 2. The summed E-state index contributed by atoms with van der Waals surface area (Å²) in [4.78, 5) is 10.8. The van der Waals surface area contributed by atoms with Crippen molar-refractivity contribution < 1.29 is 9.53 Å². The third kappa shape index (κ3) is 1.90. The molecule has 1 aromatic carbocycles. The quantitative estimate of drug-likeness (QED) is 0.619. The first kappa shape index (κ1) is 9.80. The van der Waals surface area contributed by atoms with Gasteiger partial charge in [0.05, 0.1) is 16.2 Å². The van der Waals surface area contributed by atoms with Crippen LogP contribution in [0.4, 0.5) is 0 Å². The molecule has 0 saturated carbocycles. The molecule has 1 aromatic rings. The second kappa shape index (κ2) is 4.09. The largest absolute Gasteiger partial charge is 0.496 e. The van der Waals surface area contributed by atoms with Crippen molar-refractivity contribution in [2.24, 2.45) is 0 Å². The minimum absolute atomic E-state index is 0.460. The van der Waals surface area contributed by atoms with Crippen molar-refractivity contribution in [3.8, 4) is 5.75 Å². The second-order valence-electron chi connectivity index (χ2n) is 2.10. The molecule has 2 nitrogen and oxygen atoms in total. The fourth-order valence-corrected chi connectivity index (χ4v) is 1.96. The molecule has 0 fully saturated rings. The van der Waals surface area contributed by atoms with Gasteiger partial charge in [-0.2, -0.15) is 0 Å². The van der Waals surface area contributed by atoms with E-state index in [1.54, 1.807) is 25.3 Å². The Balaban J connectivity index is 3.23. The Morgan fingerprint density at radius 3 is 2.75 bits per heavy atom. The molecular weight excluding hydrogens is 290 g/mol. The van der Waals surface area contributed by atoms with Gasteiger partial charge in [0.25, 0.3) is 5.24 Å². The lowest BCUT2D eigenvalue weighted by Crippen LogP contribution is -1.95. The van der Waals surface area contributed by atoms with Gasteiger partial charge in [-0.05, 0) is 46.3 Å². The predicted molar refractivity (Wildman–Crippen MR) is 55.9 cm³/mol. The maximum atomic E-state index is 10.8. The van der Waals surface area contributed by atoms with E-state index >= 15 is 0 Å². The molecule has 0 aliphatic rings. The van der Waals surface area contributed by atoms with Gasteiger partial charge in [0.2, 0.25) is 0 Å². The van der Waals surface area contributed by atoms with Gasteiger partial charge in [-0.1, -0.05) is 6.07 Å². The van der Waals surface area contributed by atoms with Crippen molar-refractivity contribution in [3.05, 3.63) is 27.3 Å². The highest BCUT2D eigenvalue weighted by Crippen LogP contribution is 2.24. The average Bonchev–Trinajstić information content (AvgIpc) is 2.04. The molecule has 0 saturated heterocycles. The average molecular weight is 296 g/mol. The third-order valence-corrected chi connectivity index (χ3v) is 2.71. The van der Waals surface area contributed by atoms with E-state index in [-0.39, 0.29) is 0 Å². The molecule has 0 aromatic heterocycles. The number of carbonyl (C=O) groups is 1. The molecule has 4 heteroatoms. The van der Waals surface area contributed by atoms with E-state index in [0.717, 1.165) is 3.57 Å². The summed E-state index contributed by atoms with van der Waals surface area (Å²) in [5.74, 6) is 0.669. The van der Waals surface area contributed by atoms with E-state index in [9.17, 15) is 4.79 Å². The Morgan fingerprint density at radius 1 is 1.58 bits per heavy atom. The first-order valence-electron chi connectivity index (χ1n) is 3.19. The molecule has 0 amide bonds. The zero-order chi connectivity index (χ0) is 9.14. The van der Waals surface area contributed by atoms with Gasteiger partial charge in [-0.25, -0.2) is 0 Å². The fraction of sp³-hybridized carbons (Fsp3) is 0.125. The van der Waals surface area contributed by atoms with E-state index in [0.29, 0.717) is 11.3 Å². The summed E-state index contributed by atoms with van der Waals surface area (Å²) in [5, 5.41) is -0.460. The first-order valence-corrected chi connectivity index (χ1v) is 4.65.